The van der Waals surface area contributed by atoms with Gasteiger partial charge in [-0.25, -0.2) is 0 Å². The fourth-order valence-corrected chi connectivity index (χ4v) is 12.7. The van der Waals surface area contributed by atoms with E-state index in [-0.39, 0.29) is 87.9 Å². The van der Waals surface area contributed by atoms with Gasteiger partial charge in [-0.2, -0.15) is 0 Å². The summed E-state index contributed by atoms with van der Waals surface area (Å²) in [5.74, 6) is 0. The van der Waals surface area contributed by atoms with Gasteiger partial charge in [0.2, 0.25) is 0 Å². The number of hydrogen-bond acceptors (Lipinski definition) is 1. The van der Waals surface area contributed by atoms with Gasteiger partial charge in [-0.3, -0.25) is 0 Å². The molecule has 2 aliphatic carbocycles. The predicted molar refractivity (Wildman–Crippen MR) is 337 cm³/mol. The lowest BCUT2D eigenvalue weighted by Gasteiger charge is -2.39. The molecule has 76 heavy (non-hydrogen) atoms. The lowest BCUT2D eigenvalue weighted by atomic mass is 9.61. The molecule has 0 spiro atoms. The van der Waals surface area contributed by atoms with Crippen molar-refractivity contribution in [3.8, 4) is 50.2 Å². The Morgan fingerprint density at radius 2 is 0.737 bits per heavy atom. The minimum Gasteiger partial charge on any atom is -0.312 e. The monoisotopic (exact) mass is 934 g/mol. The third kappa shape index (κ3) is 6.73. The van der Waals surface area contributed by atoms with Crippen LogP contribution < -0.4 is 81.4 Å². The summed E-state index contributed by atoms with van der Waals surface area (Å²) in [4.78, 5) is 1.89. The Kier molecular flexibility index (Phi) is 11.6. The number of rotatable bonds is 6. The number of anilines is 3. The van der Waals surface area contributed by atoms with Crippen LogP contribution in [0, 0.1) is 0 Å². The summed E-state index contributed by atoms with van der Waals surface area (Å²) >= 11 is 0. The van der Waals surface area contributed by atoms with E-state index in [1.807, 2.05) is 93.3 Å². The number of benzene rings is 9. The molecule has 0 N–H and O–H groups in total. The topological polar surface area (TPSA) is 8.17 Å². The average Bonchev–Trinajstić information content (AvgIpc) is 3.99. The van der Waals surface area contributed by atoms with Crippen molar-refractivity contribution in [1.82, 2.24) is 4.57 Å². The summed E-state index contributed by atoms with van der Waals surface area (Å²) in [5, 5.41) is 2.08. The zero-order chi connectivity index (χ0) is 53.9. The van der Waals surface area contributed by atoms with Crippen molar-refractivity contribution < 1.29 is 0 Å². The summed E-state index contributed by atoms with van der Waals surface area (Å²) < 4.78 is 2.27. The van der Waals surface area contributed by atoms with E-state index in [9.17, 15) is 0 Å². The largest absolute Gasteiger partial charge is 0.312 e. The van der Waals surface area contributed by atoms with Crippen LogP contribution in [0.2, 0.25) is 0 Å². The molecule has 0 fully saturated rings. The molecule has 2 aliphatic rings. The molecule has 324 valence electrons. The highest BCUT2D eigenvalue weighted by Crippen LogP contribution is 2.50. The highest BCUT2D eigenvalue weighted by Gasteiger charge is 2.44. The second kappa shape index (κ2) is 17.5. The van der Waals surface area contributed by atoms with Crippen LogP contribution in [0.15, 0.2) is 121 Å². The summed E-state index contributed by atoms with van der Waals surface area (Å²) in [7, 11) is 99.3. The first-order valence-corrected chi connectivity index (χ1v) is 24.8. The molecule has 0 unspecified atom stereocenters. The zero-order valence-corrected chi connectivity index (χ0v) is 42.5. The molecule has 1 aromatic heterocycles. The summed E-state index contributed by atoms with van der Waals surface area (Å²) in [6.07, 6.45) is 0. The summed E-state index contributed by atoms with van der Waals surface area (Å²) in [5.41, 5.74) is 12.4. The first kappa shape index (κ1) is 50.3. The molecular weight excluding hydrogens is 900 g/mol. The molecule has 0 amide bonds. The number of nitrogens with zero attached hydrogens (tertiary/aromatic N) is 2. The molecule has 10 aromatic rings. The molecule has 0 bridgehead atoms. The second-order valence-electron chi connectivity index (χ2n) is 21.1. The number of fused-ring (bicyclic) bond motifs is 9. The maximum atomic E-state index is 7.79. The summed E-state index contributed by atoms with van der Waals surface area (Å²) in [6.45, 7) is 7.92. The molecular formula is C60H32B14N2. The van der Waals surface area contributed by atoms with Crippen molar-refractivity contribution in [2.75, 3.05) is 4.90 Å². The van der Waals surface area contributed by atoms with E-state index in [4.69, 9.17) is 110 Å². The normalized spacial score (nSPS) is 13.7. The first-order valence-electron chi connectivity index (χ1n) is 24.8. The van der Waals surface area contributed by atoms with Crippen LogP contribution in [0.1, 0.15) is 49.9 Å². The molecule has 0 saturated heterocycles. The SMILES string of the molecule is [B]c1c([B])c([B])c2c(c1[B])-c1c([B])c([B])c(N(c3cc(-c4ccccc4)ccc3-c3ccc4c(c3)c3ccccc3n4-c3ccccc3)c3c([B])c([B])c4c(c3[B])C(C)(C)c3c([B])c([B])c([B])c([B])c3-4)c([B])c1C2(C)C. The van der Waals surface area contributed by atoms with Gasteiger partial charge >= 0.3 is 0 Å². The van der Waals surface area contributed by atoms with Crippen LogP contribution in [0.4, 0.5) is 17.1 Å². The summed E-state index contributed by atoms with van der Waals surface area (Å²) in [6, 6.07) is 41.3. The van der Waals surface area contributed by atoms with E-state index < -0.39 is 10.8 Å². The Morgan fingerprint density at radius 1 is 0.329 bits per heavy atom. The van der Waals surface area contributed by atoms with Gasteiger partial charge in [-0.15, -0.1) is 21.9 Å². The zero-order valence-electron chi connectivity index (χ0n) is 42.5. The Hall–Kier alpha value is -6.51. The third-order valence-electron chi connectivity index (χ3n) is 16.3. The second-order valence-corrected chi connectivity index (χ2v) is 21.1. The highest BCUT2D eigenvalue weighted by atomic mass is 15.2. The van der Waals surface area contributed by atoms with Crippen molar-refractivity contribution in [3.05, 3.63) is 144 Å². The fourth-order valence-electron chi connectivity index (χ4n) is 12.7. The molecule has 0 atom stereocenters. The van der Waals surface area contributed by atoms with Crippen molar-refractivity contribution in [2.45, 2.75) is 38.5 Å². The van der Waals surface area contributed by atoms with E-state index >= 15 is 0 Å². The molecule has 1 heterocycles. The van der Waals surface area contributed by atoms with Gasteiger partial charge < -0.3 is 9.47 Å². The lowest BCUT2D eigenvalue weighted by Crippen LogP contribution is -2.51. The van der Waals surface area contributed by atoms with Crippen molar-refractivity contribution in [2.24, 2.45) is 0 Å². The molecule has 0 saturated carbocycles. The highest BCUT2D eigenvalue weighted by molar-refractivity contribution is 6.67. The quantitative estimate of drug-likeness (QED) is 0.201. The smallest absolute Gasteiger partial charge is 0.117 e. The van der Waals surface area contributed by atoms with Gasteiger partial charge in [0.05, 0.1) is 16.7 Å². The van der Waals surface area contributed by atoms with E-state index in [2.05, 4.69) is 65.2 Å². The van der Waals surface area contributed by atoms with Crippen molar-refractivity contribution in [1.29, 1.82) is 0 Å². The molecule has 0 aliphatic heterocycles. The standard InChI is InChI=1S/C60H32B14N2/c1-59(2)39-35(43(61)51(69)53(71)47(39)65)37-41(59)49(67)57(55(73)45(37)63)76(58-50(68)42-38(46(64)56(58)74)36-40(60(42,3)4)48(66)54(72)52(70)44(36)62)34-24-26(25-13-7-5-8-14-25)19-21-29(34)27-20-22-33-31(23-27)30-17-11-12-18-32(30)75(33)28-15-9-6-10-16-28/h5-24H,1-4H3. The Labute approximate surface area is 464 Å². The minimum atomic E-state index is -0.976. The number of para-hydroxylation sites is 2. The Balaban J connectivity index is 1.24. The van der Waals surface area contributed by atoms with Gasteiger partial charge in [-0.05, 0) is 97.6 Å². The molecule has 9 aromatic carbocycles. The predicted octanol–water partition coefficient (Wildman–Crippen LogP) is -0.687. The van der Waals surface area contributed by atoms with Crippen LogP contribution in [0.25, 0.3) is 72.0 Å². The fraction of sp³-hybridized carbons (Fsp3) is 0.100. The number of hydrogen-bond donors (Lipinski definition) is 0. The van der Waals surface area contributed by atoms with Crippen LogP contribution in [-0.4, -0.2) is 114 Å². The van der Waals surface area contributed by atoms with Gasteiger partial charge in [0, 0.05) is 44.2 Å². The van der Waals surface area contributed by atoms with E-state index in [0.29, 0.717) is 50.2 Å². The Morgan fingerprint density at radius 3 is 1.25 bits per heavy atom. The van der Waals surface area contributed by atoms with E-state index in [0.717, 1.165) is 49.7 Å². The maximum absolute atomic E-state index is 7.79. The van der Waals surface area contributed by atoms with Crippen LogP contribution in [0.5, 0.6) is 0 Å². The van der Waals surface area contributed by atoms with E-state index in [1.54, 1.807) is 0 Å². The molecule has 2 nitrogen and oxygen atoms in total. The van der Waals surface area contributed by atoms with Crippen LogP contribution in [0.3, 0.4) is 0 Å². The van der Waals surface area contributed by atoms with E-state index in [1.165, 1.54) is 0 Å². The van der Waals surface area contributed by atoms with Crippen LogP contribution in [-0.2, 0) is 10.8 Å². The van der Waals surface area contributed by atoms with Crippen molar-refractivity contribution >= 4 is 225 Å². The van der Waals surface area contributed by atoms with Gasteiger partial charge in [0.1, 0.15) is 110 Å². The first-order chi connectivity index (χ1) is 36.1. The van der Waals surface area contributed by atoms with Gasteiger partial charge in [0.15, 0.2) is 0 Å². The van der Waals surface area contributed by atoms with Gasteiger partial charge in [0.25, 0.3) is 0 Å². The molecule has 16 heteroatoms. The Bertz CT molecular complexity index is 4070. The number of aromatic nitrogens is 1. The van der Waals surface area contributed by atoms with Crippen molar-refractivity contribution in [3.63, 3.8) is 0 Å². The minimum absolute atomic E-state index is 0.0835. The molecule has 12 rings (SSSR count). The lowest BCUT2D eigenvalue weighted by molar-refractivity contribution is 0.669. The average molecular weight is 932 g/mol. The molecule has 28 radical (unpaired) electrons. The third-order valence-corrected chi connectivity index (χ3v) is 16.3. The van der Waals surface area contributed by atoms with Crippen LogP contribution >= 0.6 is 0 Å². The maximum Gasteiger partial charge on any atom is 0.117 e. The van der Waals surface area contributed by atoms with Gasteiger partial charge in [-0.1, -0.05) is 167 Å².